The van der Waals surface area contributed by atoms with Gasteiger partial charge < -0.3 is 9.97 Å². The molecule has 1 aliphatic rings. The summed E-state index contributed by atoms with van der Waals surface area (Å²) in [6, 6.07) is 14.5. The molecule has 3 heterocycles. The number of nitrogens with zero attached hydrogens (tertiary/aromatic N) is 2. The second kappa shape index (κ2) is 5.88. The SMILES string of the molecule is Cc1ccc2c3c([nH]c2c1)CN(CCn1c(=O)[nH]c2ccccc21)CC3. The summed E-state index contributed by atoms with van der Waals surface area (Å²) in [7, 11) is 0. The number of para-hydroxylation sites is 2. The van der Waals surface area contributed by atoms with Crippen molar-refractivity contribution >= 4 is 21.9 Å². The van der Waals surface area contributed by atoms with Gasteiger partial charge in [0.05, 0.1) is 11.0 Å². The molecule has 0 atom stereocenters. The maximum Gasteiger partial charge on any atom is 0.326 e. The molecule has 0 amide bonds. The molecule has 0 aliphatic carbocycles. The number of hydrogen-bond donors (Lipinski definition) is 2. The quantitative estimate of drug-likeness (QED) is 0.599. The minimum Gasteiger partial charge on any atom is -0.357 e. The molecule has 0 spiro atoms. The first-order chi connectivity index (χ1) is 12.7. The molecule has 132 valence electrons. The second-order valence-corrected chi connectivity index (χ2v) is 7.26. The molecule has 0 unspecified atom stereocenters. The molecule has 2 aromatic heterocycles. The number of imidazole rings is 1. The lowest BCUT2D eigenvalue weighted by molar-refractivity contribution is 0.242. The van der Waals surface area contributed by atoms with Crippen LogP contribution in [0.15, 0.2) is 47.3 Å². The fourth-order valence-corrected chi connectivity index (χ4v) is 4.18. The van der Waals surface area contributed by atoms with Gasteiger partial charge in [-0.1, -0.05) is 24.3 Å². The Bertz CT molecular complexity index is 1160. The minimum absolute atomic E-state index is 0.0232. The van der Waals surface area contributed by atoms with Gasteiger partial charge in [0.1, 0.15) is 0 Å². The molecule has 0 radical (unpaired) electrons. The maximum absolute atomic E-state index is 12.2. The van der Waals surface area contributed by atoms with Crippen LogP contribution in [-0.4, -0.2) is 32.5 Å². The van der Waals surface area contributed by atoms with Crippen LogP contribution in [0.25, 0.3) is 21.9 Å². The van der Waals surface area contributed by atoms with Crippen molar-refractivity contribution in [3.63, 3.8) is 0 Å². The van der Waals surface area contributed by atoms with Gasteiger partial charge in [0.2, 0.25) is 0 Å². The monoisotopic (exact) mass is 346 g/mol. The summed E-state index contributed by atoms with van der Waals surface area (Å²) in [4.78, 5) is 21.2. The van der Waals surface area contributed by atoms with Gasteiger partial charge in [-0.25, -0.2) is 4.79 Å². The molecule has 1 aliphatic heterocycles. The number of hydrogen-bond acceptors (Lipinski definition) is 2. The number of rotatable bonds is 3. The lowest BCUT2D eigenvalue weighted by Crippen LogP contribution is -2.34. The van der Waals surface area contributed by atoms with Crippen LogP contribution < -0.4 is 5.69 Å². The lowest BCUT2D eigenvalue weighted by atomic mass is 10.0. The second-order valence-electron chi connectivity index (χ2n) is 7.26. The van der Waals surface area contributed by atoms with Crippen LogP contribution in [-0.2, 0) is 19.5 Å². The Morgan fingerprint density at radius 1 is 1.04 bits per heavy atom. The number of H-pyrrole nitrogens is 2. The summed E-state index contributed by atoms with van der Waals surface area (Å²) in [6.45, 7) is 5.66. The maximum atomic E-state index is 12.2. The Labute approximate surface area is 151 Å². The van der Waals surface area contributed by atoms with Crippen molar-refractivity contribution in [3.8, 4) is 0 Å². The van der Waals surface area contributed by atoms with E-state index in [1.54, 1.807) is 0 Å². The van der Waals surface area contributed by atoms with Crippen LogP contribution >= 0.6 is 0 Å². The molecule has 0 saturated heterocycles. The Balaban J connectivity index is 1.37. The van der Waals surface area contributed by atoms with Crippen molar-refractivity contribution in [1.82, 2.24) is 19.4 Å². The third-order valence-corrected chi connectivity index (χ3v) is 5.53. The van der Waals surface area contributed by atoms with Crippen molar-refractivity contribution in [3.05, 3.63) is 69.8 Å². The van der Waals surface area contributed by atoms with E-state index in [-0.39, 0.29) is 5.69 Å². The Morgan fingerprint density at radius 2 is 1.92 bits per heavy atom. The zero-order valence-electron chi connectivity index (χ0n) is 14.9. The Kier molecular flexibility index (Phi) is 3.50. The third kappa shape index (κ3) is 2.47. The summed E-state index contributed by atoms with van der Waals surface area (Å²) in [5.74, 6) is 0. The van der Waals surface area contributed by atoms with Crippen LogP contribution in [0.5, 0.6) is 0 Å². The molecule has 0 saturated carbocycles. The van der Waals surface area contributed by atoms with Crippen molar-refractivity contribution in [2.45, 2.75) is 26.4 Å². The van der Waals surface area contributed by atoms with E-state index >= 15 is 0 Å². The van der Waals surface area contributed by atoms with Crippen molar-refractivity contribution in [2.75, 3.05) is 13.1 Å². The van der Waals surface area contributed by atoms with Gasteiger partial charge in [0, 0.05) is 42.8 Å². The zero-order valence-corrected chi connectivity index (χ0v) is 14.9. The highest BCUT2D eigenvalue weighted by Crippen LogP contribution is 2.28. The van der Waals surface area contributed by atoms with E-state index in [1.165, 1.54) is 27.7 Å². The van der Waals surface area contributed by atoms with Gasteiger partial charge in [-0.15, -0.1) is 0 Å². The molecule has 5 rings (SSSR count). The molecular weight excluding hydrogens is 324 g/mol. The van der Waals surface area contributed by atoms with Crippen LogP contribution in [0.4, 0.5) is 0 Å². The molecule has 2 aromatic carbocycles. The highest BCUT2D eigenvalue weighted by Gasteiger charge is 2.20. The molecule has 5 nitrogen and oxygen atoms in total. The van der Waals surface area contributed by atoms with E-state index in [0.29, 0.717) is 6.54 Å². The molecular formula is C21H22N4O. The van der Waals surface area contributed by atoms with Crippen LogP contribution in [0.2, 0.25) is 0 Å². The predicted octanol–water partition coefficient (Wildman–Crippen LogP) is 3.18. The molecule has 26 heavy (non-hydrogen) atoms. The third-order valence-electron chi connectivity index (χ3n) is 5.53. The normalized spacial score (nSPS) is 15.0. The van der Waals surface area contributed by atoms with Crippen molar-refractivity contribution < 1.29 is 0 Å². The van der Waals surface area contributed by atoms with Gasteiger partial charge in [-0.05, 0) is 42.7 Å². The molecule has 0 fully saturated rings. The Hall–Kier alpha value is -2.79. The van der Waals surface area contributed by atoms with Gasteiger partial charge in [0.25, 0.3) is 0 Å². The van der Waals surface area contributed by atoms with E-state index in [1.807, 2.05) is 28.8 Å². The number of benzene rings is 2. The standard InChI is InChI=1S/C21H22N4O/c1-14-6-7-15-16-8-9-24(13-19(16)22-18(15)12-14)10-11-25-20-5-3-2-4-17(20)23-21(25)26/h2-7,12,22H,8-11,13H2,1H3,(H,23,26). The largest absolute Gasteiger partial charge is 0.357 e. The van der Waals surface area contributed by atoms with E-state index < -0.39 is 0 Å². The number of aryl methyl sites for hydroxylation is 1. The predicted molar refractivity (Wildman–Crippen MR) is 105 cm³/mol. The van der Waals surface area contributed by atoms with Crippen LogP contribution in [0.3, 0.4) is 0 Å². The van der Waals surface area contributed by atoms with Crippen LogP contribution in [0, 0.1) is 6.92 Å². The van der Waals surface area contributed by atoms with E-state index in [2.05, 4.69) is 40.0 Å². The van der Waals surface area contributed by atoms with Crippen molar-refractivity contribution in [2.24, 2.45) is 0 Å². The number of aromatic amines is 2. The van der Waals surface area contributed by atoms with Gasteiger partial charge in [-0.2, -0.15) is 0 Å². The molecule has 5 heteroatoms. The summed E-state index contributed by atoms with van der Waals surface area (Å²) in [5, 5.41) is 1.36. The van der Waals surface area contributed by atoms with Gasteiger partial charge >= 0.3 is 5.69 Å². The fraction of sp³-hybridized carbons (Fsp3) is 0.286. The summed E-state index contributed by atoms with van der Waals surface area (Å²) < 4.78 is 1.85. The topological polar surface area (TPSA) is 56.8 Å². The smallest absolute Gasteiger partial charge is 0.326 e. The number of nitrogens with one attached hydrogen (secondary N) is 2. The first-order valence-corrected chi connectivity index (χ1v) is 9.19. The van der Waals surface area contributed by atoms with Crippen LogP contribution in [0.1, 0.15) is 16.8 Å². The first kappa shape index (κ1) is 15.5. The number of fused-ring (bicyclic) bond motifs is 4. The highest BCUT2D eigenvalue weighted by atomic mass is 16.1. The Morgan fingerprint density at radius 3 is 2.85 bits per heavy atom. The summed E-state index contributed by atoms with van der Waals surface area (Å²) in [6.07, 6.45) is 1.06. The van der Waals surface area contributed by atoms with E-state index in [9.17, 15) is 4.79 Å². The average Bonchev–Trinajstić information content (AvgIpc) is 3.15. The fourth-order valence-electron chi connectivity index (χ4n) is 4.18. The summed E-state index contributed by atoms with van der Waals surface area (Å²) >= 11 is 0. The molecule has 0 bridgehead atoms. The minimum atomic E-state index is -0.0232. The summed E-state index contributed by atoms with van der Waals surface area (Å²) in [5.41, 5.74) is 7.17. The first-order valence-electron chi connectivity index (χ1n) is 9.19. The lowest BCUT2D eigenvalue weighted by Gasteiger charge is -2.27. The zero-order chi connectivity index (χ0) is 17.7. The van der Waals surface area contributed by atoms with E-state index in [4.69, 9.17) is 0 Å². The highest BCUT2D eigenvalue weighted by molar-refractivity contribution is 5.85. The van der Waals surface area contributed by atoms with Crippen molar-refractivity contribution in [1.29, 1.82) is 0 Å². The number of aromatic nitrogens is 3. The molecule has 2 N–H and O–H groups in total. The molecule has 4 aromatic rings. The van der Waals surface area contributed by atoms with Gasteiger partial charge in [0.15, 0.2) is 0 Å². The van der Waals surface area contributed by atoms with E-state index in [0.717, 1.165) is 37.1 Å². The average molecular weight is 346 g/mol. The van der Waals surface area contributed by atoms with Gasteiger partial charge in [-0.3, -0.25) is 9.47 Å².